The van der Waals surface area contributed by atoms with E-state index in [1.54, 1.807) is 19.1 Å². The number of anilines is 1. The Morgan fingerprint density at radius 2 is 1.70 bits per heavy atom. The van der Waals surface area contributed by atoms with E-state index in [9.17, 15) is 19.5 Å². The standard InChI is InChI=1S/C35H41N5O7/c1-2-45-32(42)20-36-34(43)37-26-13-11-25(12-14-26)33-46-28(19-31(47-33)24-9-7-23(22-41)8-10-24)21-39-17-15-27(16-18-39)40-30-6-4-3-5-29(30)38-35(40)44/h3-14,27-28,31,33,41H,2,15-22H2,1H3,(H,38,44)(H2,36,37,43)/t28-,31+,33+/m0/s1. The lowest BCUT2D eigenvalue weighted by molar-refractivity contribution is -0.253. The van der Waals surface area contributed by atoms with Crippen LogP contribution in [0.25, 0.3) is 11.0 Å². The number of nitrogens with zero attached hydrogens (tertiary/aromatic N) is 2. The highest BCUT2D eigenvalue weighted by atomic mass is 16.7. The monoisotopic (exact) mass is 643 g/mol. The van der Waals surface area contributed by atoms with E-state index in [2.05, 4.69) is 20.5 Å². The van der Waals surface area contributed by atoms with Crippen LogP contribution in [0.3, 0.4) is 0 Å². The number of rotatable bonds is 10. The van der Waals surface area contributed by atoms with Crippen LogP contribution in [0.4, 0.5) is 10.5 Å². The summed E-state index contributed by atoms with van der Waals surface area (Å²) in [6.07, 6.45) is 1.42. The molecule has 0 unspecified atom stereocenters. The number of nitrogens with one attached hydrogen (secondary N) is 3. The molecule has 2 aliphatic heterocycles. The molecule has 4 N–H and O–H groups in total. The maximum atomic E-state index is 12.8. The van der Waals surface area contributed by atoms with E-state index >= 15 is 0 Å². The number of aromatic amines is 1. The van der Waals surface area contributed by atoms with Crippen LogP contribution in [-0.2, 0) is 25.6 Å². The van der Waals surface area contributed by atoms with Crippen LogP contribution in [0.5, 0.6) is 0 Å². The Labute approximate surface area is 272 Å². The van der Waals surface area contributed by atoms with Crippen molar-refractivity contribution in [3.8, 4) is 0 Å². The molecule has 3 heterocycles. The van der Waals surface area contributed by atoms with Gasteiger partial charge >= 0.3 is 17.7 Å². The van der Waals surface area contributed by atoms with Gasteiger partial charge in [-0.25, -0.2) is 9.59 Å². The second-order valence-corrected chi connectivity index (χ2v) is 11.9. The quantitative estimate of drug-likeness (QED) is 0.186. The van der Waals surface area contributed by atoms with Crippen LogP contribution in [0.15, 0.2) is 77.6 Å². The smallest absolute Gasteiger partial charge is 0.326 e. The van der Waals surface area contributed by atoms with Gasteiger partial charge in [-0.05, 0) is 55.2 Å². The summed E-state index contributed by atoms with van der Waals surface area (Å²) < 4.78 is 19.8. The predicted molar refractivity (Wildman–Crippen MR) is 176 cm³/mol. The number of ether oxygens (including phenoxy) is 3. The van der Waals surface area contributed by atoms with Gasteiger partial charge in [0.1, 0.15) is 6.54 Å². The summed E-state index contributed by atoms with van der Waals surface area (Å²) in [5.74, 6) is -0.506. The summed E-state index contributed by atoms with van der Waals surface area (Å²) >= 11 is 0. The first-order chi connectivity index (χ1) is 22.9. The maximum absolute atomic E-state index is 12.8. The summed E-state index contributed by atoms with van der Waals surface area (Å²) in [6, 6.07) is 22.5. The van der Waals surface area contributed by atoms with Crippen molar-refractivity contribution in [2.24, 2.45) is 0 Å². The van der Waals surface area contributed by atoms with Crippen molar-refractivity contribution in [1.29, 1.82) is 0 Å². The number of H-pyrrole nitrogens is 1. The number of para-hydroxylation sites is 2. The number of aliphatic hydroxyl groups excluding tert-OH is 1. The average molecular weight is 644 g/mol. The van der Waals surface area contributed by atoms with E-state index in [0.29, 0.717) is 12.1 Å². The number of esters is 1. The molecule has 0 aliphatic carbocycles. The minimum absolute atomic E-state index is 0.0258. The van der Waals surface area contributed by atoms with Gasteiger partial charge in [-0.3, -0.25) is 9.36 Å². The van der Waals surface area contributed by atoms with Crippen LogP contribution in [0.1, 0.15) is 61.3 Å². The minimum atomic E-state index is -0.634. The second-order valence-electron chi connectivity index (χ2n) is 11.9. The number of piperidine rings is 1. The van der Waals surface area contributed by atoms with Gasteiger partial charge in [-0.15, -0.1) is 0 Å². The number of amides is 2. The normalized spacial score (nSPS) is 20.6. The van der Waals surface area contributed by atoms with E-state index in [1.165, 1.54) is 0 Å². The molecule has 0 spiro atoms. The van der Waals surface area contributed by atoms with Crippen LogP contribution >= 0.6 is 0 Å². The lowest BCUT2D eigenvalue weighted by Gasteiger charge is -2.40. The van der Waals surface area contributed by atoms with Crippen molar-refractivity contribution >= 4 is 28.7 Å². The number of urea groups is 1. The van der Waals surface area contributed by atoms with Gasteiger partial charge < -0.3 is 39.8 Å². The van der Waals surface area contributed by atoms with E-state index < -0.39 is 18.3 Å². The highest BCUT2D eigenvalue weighted by molar-refractivity contribution is 5.91. The highest BCUT2D eigenvalue weighted by Gasteiger charge is 2.34. The average Bonchev–Trinajstić information content (AvgIpc) is 3.43. The van der Waals surface area contributed by atoms with Gasteiger partial charge in [0.15, 0.2) is 6.29 Å². The molecule has 2 aliphatic rings. The van der Waals surface area contributed by atoms with Crippen LogP contribution in [-0.4, -0.2) is 70.4 Å². The maximum Gasteiger partial charge on any atom is 0.326 e. The summed E-state index contributed by atoms with van der Waals surface area (Å²) in [7, 11) is 0. The number of imidazole rings is 1. The van der Waals surface area contributed by atoms with Crippen molar-refractivity contribution < 1.29 is 28.9 Å². The van der Waals surface area contributed by atoms with E-state index in [0.717, 1.165) is 60.2 Å². The molecular formula is C35H41N5O7. The fourth-order valence-electron chi connectivity index (χ4n) is 6.38. The van der Waals surface area contributed by atoms with Gasteiger partial charge in [0.2, 0.25) is 0 Å². The van der Waals surface area contributed by atoms with Gasteiger partial charge in [-0.2, -0.15) is 0 Å². The van der Waals surface area contributed by atoms with Gasteiger partial charge in [0.25, 0.3) is 0 Å². The SMILES string of the molecule is CCOC(=O)CNC(=O)Nc1ccc([C@@H]2O[C@H](CN3CCC(n4c(=O)[nH]c5ccccc54)CC3)C[C@H](c3ccc(CO)cc3)O2)cc1. The molecule has 0 saturated carbocycles. The molecule has 2 amide bonds. The molecule has 47 heavy (non-hydrogen) atoms. The van der Waals surface area contributed by atoms with Gasteiger partial charge in [0, 0.05) is 43.3 Å². The first kappa shape index (κ1) is 32.5. The fraction of sp³-hybridized carbons (Fsp3) is 0.400. The molecular weight excluding hydrogens is 602 g/mol. The summed E-state index contributed by atoms with van der Waals surface area (Å²) in [5.41, 5.74) is 4.95. The second kappa shape index (κ2) is 14.9. The topological polar surface area (TPSA) is 147 Å². The number of aliphatic hydroxyl groups is 1. The van der Waals surface area contributed by atoms with Crippen molar-refractivity contribution in [3.05, 3.63) is 100.0 Å². The number of hydrogen-bond acceptors (Lipinski definition) is 8. The molecule has 1 aromatic heterocycles. The third-order valence-corrected chi connectivity index (χ3v) is 8.76. The Bertz CT molecular complexity index is 1710. The number of carbonyl (C=O) groups excluding carboxylic acids is 2. The highest BCUT2D eigenvalue weighted by Crippen LogP contribution is 2.39. The van der Waals surface area contributed by atoms with Crippen molar-refractivity contribution in [1.82, 2.24) is 19.8 Å². The fourth-order valence-corrected chi connectivity index (χ4v) is 6.38. The molecule has 2 saturated heterocycles. The summed E-state index contributed by atoms with van der Waals surface area (Å²) in [6.45, 7) is 4.12. The zero-order valence-electron chi connectivity index (χ0n) is 26.4. The zero-order chi connectivity index (χ0) is 32.8. The molecule has 3 aromatic carbocycles. The molecule has 6 rings (SSSR count). The number of hydrogen-bond donors (Lipinski definition) is 4. The number of fused-ring (bicyclic) bond motifs is 1. The molecule has 12 nitrogen and oxygen atoms in total. The van der Waals surface area contributed by atoms with Crippen LogP contribution in [0.2, 0.25) is 0 Å². The predicted octanol–water partition coefficient (Wildman–Crippen LogP) is 4.39. The third-order valence-electron chi connectivity index (χ3n) is 8.76. The molecule has 2 fully saturated rings. The number of aromatic nitrogens is 2. The lowest BCUT2D eigenvalue weighted by Crippen LogP contribution is -2.43. The first-order valence-corrected chi connectivity index (χ1v) is 16.1. The van der Waals surface area contributed by atoms with E-state index in [-0.39, 0.29) is 43.7 Å². The Morgan fingerprint density at radius 3 is 2.43 bits per heavy atom. The summed E-state index contributed by atoms with van der Waals surface area (Å²) in [5, 5.41) is 14.7. The number of carbonyl (C=O) groups is 2. The Balaban J connectivity index is 1.11. The van der Waals surface area contributed by atoms with E-state index in [4.69, 9.17) is 14.2 Å². The van der Waals surface area contributed by atoms with Crippen LogP contribution < -0.4 is 16.3 Å². The van der Waals surface area contributed by atoms with E-state index in [1.807, 2.05) is 65.2 Å². The lowest BCUT2D eigenvalue weighted by atomic mass is 9.98. The van der Waals surface area contributed by atoms with Crippen LogP contribution in [0, 0.1) is 0 Å². The molecule has 0 radical (unpaired) electrons. The first-order valence-electron chi connectivity index (χ1n) is 16.1. The molecule has 3 atom stereocenters. The number of likely N-dealkylation sites (tertiary alicyclic amines) is 1. The Kier molecular flexibility index (Phi) is 10.3. The number of benzene rings is 3. The van der Waals surface area contributed by atoms with Crippen molar-refractivity contribution in [3.63, 3.8) is 0 Å². The summed E-state index contributed by atoms with van der Waals surface area (Å²) in [4.78, 5) is 41.9. The molecule has 248 valence electrons. The largest absolute Gasteiger partial charge is 0.465 e. The zero-order valence-corrected chi connectivity index (χ0v) is 26.4. The van der Waals surface area contributed by atoms with Gasteiger partial charge in [0.05, 0.1) is 36.5 Å². The molecule has 0 bridgehead atoms. The third kappa shape index (κ3) is 7.91. The van der Waals surface area contributed by atoms with Crippen molar-refractivity contribution in [2.45, 2.75) is 57.3 Å². The molecule has 4 aromatic rings. The Morgan fingerprint density at radius 1 is 0.979 bits per heavy atom. The molecule has 12 heteroatoms. The van der Waals surface area contributed by atoms with Gasteiger partial charge in [-0.1, -0.05) is 48.5 Å². The Hall–Kier alpha value is -4.49. The van der Waals surface area contributed by atoms with Crippen molar-refractivity contribution in [2.75, 3.05) is 38.1 Å². The minimum Gasteiger partial charge on any atom is -0.465 e.